The van der Waals surface area contributed by atoms with E-state index in [0.29, 0.717) is 18.4 Å². The van der Waals surface area contributed by atoms with Crippen LogP contribution in [0.15, 0.2) is 0 Å². The monoisotopic (exact) mass is 199 g/mol. The highest BCUT2D eigenvalue weighted by Gasteiger charge is 2.24. The van der Waals surface area contributed by atoms with E-state index < -0.39 is 0 Å². The summed E-state index contributed by atoms with van der Waals surface area (Å²) < 4.78 is 4.68. The molecule has 0 aliphatic heterocycles. The fourth-order valence-electron chi connectivity index (χ4n) is 2.18. The molecule has 0 radical (unpaired) electrons. The number of carbonyl (C=O) groups is 1. The third kappa shape index (κ3) is 3.29. The zero-order chi connectivity index (χ0) is 10.6. The van der Waals surface area contributed by atoms with Crippen LogP contribution >= 0.6 is 0 Å². The number of nitrogens with zero attached hydrogens (tertiary/aromatic N) is 1. The highest BCUT2D eigenvalue weighted by Crippen LogP contribution is 2.28. The van der Waals surface area contributed by atoms with Crippen molar-refractivity contribution in [2.75, 3.05) is 21.2 Å². The minimum atomic E-state index is -0.0571. The standard InChI is InChI=1S/C11H21NO2/c1-12(2)10-6-4-9(5-7-10)8-11(13)14-3/h9-10H,4-8H2,1-3H3/t9-,10-. The van der Waals surface area contributed by atoms with E-state index in [1.807, 2.05) is 0 Å². The zero-order valence-corrected chi connectivity index (χ0v) is 9.45. The van der Waals surface area contributed by atoms with Crippen LogP contribution in [0.1, 0.15) is 32.1 Å². The van der Waals surface area contributed by atoms with Crippen LogP contribution in [-0.2, 0) is 9.53 Å². The number of rotatable bonds is 3. The van der Waals surface area contributed by atoms with Crippen molar-refractivity contribution in [3.05, 3.63) is 0 Å². The number of carbonyl (C=O) groups excluding carboxylic acids is 1. The van der Waals surface area contributed by atoms with Crippen LogP contribution in [0.4, 0.5) is 0 Å². The lowest BCUT2D eigenvalue weighted by Gasteiger charge is -2.32. The molecule has 0 aromatic rings. The van der Waals surface area contributed by atoms with Crippen molar-refractivity contribution >= 4 is 5.97 Å². The zero-order valence-electron chi connectivity index (χ0n) is 9.45. The topological polar surface area (TPSA) is 29.5 Å². The number of hydrogen-bond acceptors (Lipinski definition) is 3. The summed E-state index contributed by atoms with van der Waals surface area (Å²) in [5, 5.41) is 0. The Balaban J connectivity index is 2.25. The molecule has 0 saturated heterocycles. The first kappa shape index (κ1) is 11.5. The van der Waals surface area contributed by atoms with Crippen molar-refractivity contribution in [2.24, 2.45) is 5.92 Å². The lowest BCUT2D eigenvalue weighted by Crippen LogP contribution is -2.32. The molecular weight excluding hydrogens is 178 g/mol. The molecule has 1 aliphatic rings. The summed E-state index contributed by atoms with van der Waals surface area (Å²) in [7, 11) is 5.73. The molecule has 14 heavy (non-hydrogen) atoms. The van der Waals surface area contributed by atoms with E-state index in [1.165, 1.54) is 20.0 Å². The van der Waals surface area contributed by atoms with Crippen molar-refractivity contribution in [2.45, 2.75) is 38.1 Å². The maximum absolute atomic E-state index is 11.1. The van der Waals surface area contributed by atoms with Crippen LogP contribution < -0.4 is 0 Å². The van der Waals surface area contributed by atoms with Crippen LogP contribution in [0.2, 0.25) is 0 Å². The molecule has 3 heteroatoms. The predicted molar refractivity (Wildman–Crippen MR) is 56.1 cm³/mol. The molecule has 0 heterocycles. The summed E-state index contributed by atoms with van der Waals surface area (Å²) >= 11 is 0. The smallest absolute Gasteiger partial charge is 0.305 e. The highest BCUT2D eigenvalue weighted by molar-refractivity contribution is 5.69. The largest absolute Gasteiger partial charge is 0.469 e. The molecule has 0 spiro atoms. The van der Waals surface area contributed by atoms with Crippen molar-refractivity contribution < 1.29 is 9.53 Å². The Kier molecular flexibility index (Phi) is 4.39. The molecule has 1 rings (SSSR count). The SMILES string of the molecule is COC(=O)C[C@H]1CC[C@H](N(C)C)CC1. The predicted octanol–water partition coefficient (Wildman–Crippen LogP) is 1.67. The summed E-state index contributed by atoms with van der Waals surface area (Å²) in [6.45, 7) is 0. The first-order valence-corrected chi connectivity index (χ1v) is 5.36. The van der Waals surface area contributed by atoms with Gasteiger partial charge in [-0.25, -0.2) is 0 Å². The molecule has 0 amide bonds. The molecule has 0 aromatic heterocycles. The molecule has 1 aliphatic carbocycles. The Morgan fingerprint density at radius 1 is 1.29 bits per heavy atom. The molecule has 0 unspecified atom stereocenters. The first-order chi connectivity index (χ1) is 6.63. The number of esters is 1. The minimum Gasteiger partial charge on any atom is -0.469 e. The van der Waals surface area contributed by atoms with Gasteiger partial charge in [0.25, 0.3) is 0 Å². The van der Waals surface area contributed by atoms with E-state index >= 15 is 0 Å². The van der Waals surface area contributed by atoms with Gasteiger partial charge in [0.1, 0.15) is 0 Å². The number of ether oxygens (including phenoxy) is 1. The maximum atomic E-state index is 11.1. The average molecular weight is 199 g/mol. The fourth-order valence-corrected chi connectivity index (χ4v) is 2.18. The van der Waals surface area contributed by atoms with Crippen LogP contribution in [0.25, 0.3) is 0 Å². The van der Waals surface area contributed by atoms with E-state index in [2.05, 4.69) is 23.7 Å². The van der Waals surface area contributed by atoms with Gasteiger partial charge in [-0.05, 0) is 45.7 Å². The summed E-state index contributed by atoms with van der Waals surface area (Å²) in [5.74, 6) is 0.497. The molecule has 1 saturated carbocycles. The van der Waals surface area contributed by atoms with Gasteiger partial charge in [-0.3, -0.25) is 4.79 Å². The first-order valence-electron chi connectivity index (χ1n) is 5.36. The van der Waals surface area contributed by atoms with Crippen molar-refractivity contribution in [3.8, 4) is 0 Å². The molecular formula is C11H21NO2. The lowest BCUT2D eigenvalue weighted by molar-refractivity contribution is -0.142. The minimum absolute atomic E-state index is 0.0571. The normalized spacial score (nSPS) is 27.7. The van der Waals surface area contributed by atoms with E-state index in [-0.39, 0.29) is 5.97 Å². The van der Waals surface area contributed by atoms with Gasteiger partial charge in [0.2, 0.25) is 0 Å². The Bertz CT molecular complexity index is 184. The van der Waals surface area contributed by atoms with E-state index in [4.69, 9.17) is 0 Å². The van der Waals surface area contributed by atoms with Gasteiger partial charge in [-0.15, -0.1) is 0 Å². The molecule has 0 atom stereocenters. The van der Waals surface area contributed by atoms with Crippen LogP contribution in [0.3, 0.4) is 0 Å². The fraction of sp³-hybridized carbons (Fsp3) is 0.909. The summed E-state index contributed by atoms with van der Waals surface area (Å²) in [5.41, 5.74) is 0. The second-order valence-corrected chi connectivity index (χ2v) is 4.42. The van der Waals surface area contributed by atoms with Gasteiger partial charge < -0.3 is 9.64 Å². The van der Waals surface area contributed by atoms with Gasteiger partial charge in [0, 0.05) is 12.5 Å². The van der Waals surface area contributed by atoms with Crippen LogP contribution in [0.5, 0.6) is 0 Å². The van der Waals surface area contributed by atoms with Crippen molar-refractivity contribution in [3.63, 3.8) is 0 Å². The average Bonchev–Trinajstić information content (AvgIpc) is 2.18. The number of methoxy groups -OCH3 is 1. The highest BCUT2D eigenvalue weighted by atomic mass is 16.5. The molecule has 82 valence electrons. The second-order valence-electron chi connectivity index (χ2n) is 4.42. The summed E-state index contributed by atoms with van der Waals surface area (Å²) in [6, 6.07) is 0.712. The third-order valence-electron chi connectivity index (χ3n) is 3.23. The van der Waals surface area contributed by atoms with E-state index in [0.717, 1.165) is 12.8 Å². The molecule has 0 N–H and O–H groups in total. The van der Waals surface area contributed by atoms with Crippen molar-refractivity contribution in [1.29, 1.82) is 0 Å². The Morgan fingerprint density at radius 3 is 2.29 bits per heavy atom. The Hall–Kier alpha value is -0.570. The maximum Gasteiger partial charge on any atom is 0.305 e. The molecule has 0 bridgehead atoms. The summed E-state index contributed by atoms with van der Waals surface area (Å²) in [6.07, 6.45) is 5.37. The number of hydrogen-bond donors (Lipinski definition) is 0. The van der Waals surface area contributed by atoms with Gasteiger partial charge in [0.15, 0.2) is 0 Å². The van der Waals surface area contributed by atoms with Gasteiger partial charge in [-0.2, -0.15) is 0 Å². The lowest BCUT2D eigenvalue weighted by atomic mass is 9.84. The quantitative estimate of drug-likeness (QED) is 0.648. The van der Waals surface area contributed by atoms with Crippen LogP contribution in [-0.4, -0.2) is 38.1 Å². The van der Waals surface area contributed by atoms with Gasteiger partial charge >= 0.3 is 5.97 Å². The van der Waals surface area contributed by atoms with E-state index in [1.54, 1.807) is 0 Å². The van der Waals surface area contributed by atoms with Crippen molar-refractivity contribution in [1.82, 2.24) is 4.90 Å². The molecule has 0 aromatic carbocycles. The Morgan fingerprint density at radius 2 is 1.86 bits per heavy atom. The second kappa shape index (κ2) is 5.35. The van der Waals surface area contributed by atoms with Gasteiger partial charge in [0.05, 0.1) is 7.11 Å². The third-order valence-corrected chi connectivity index (χ3v) is 3.23. The van der Waals surface area contributed by atoms with Crippen LogP contribution in [0, 0.1) is 5.92 Å². The molecule has 1 fully saturated rings. The van der Waals surface area contributed by atoms with E-state index in [9.17, 15) is 4.79 Å². The summed E-state index contributed by atoms with van der Waals surface area (Å²) in [4.78, 5) is 13.3. The molecule has 3 nitrogen and oxygen atoms in total. The Labute approximate surface area is 86.4 Å². The van der Waals surface area contributed by atoms with Gasteiger partial charge in [-0.1, -0.05) is 0 Å².